The molecule has 1 N–H and O–H groups in total. The number of hydrogen-bond acceptors (Lipinski definition) is 2. The van der Waals surface area contributed by atoms with E-state index in [4.69, 9.17) is 0 Å². The van der Waals surface area contributed by atoms with Crippen LogP contribution in [0, 0.1) is 10.5 Å². The third-order valence-corrected chi connectivity index (χ3v) is 3.97. The molecule has 0 aliphatic carbocycles. The maximum Gasteiger partial charge on any atom is 0.241 e. The molecule has 0 atom stereocenters. The summed E-state index contributed by atoms with van der Waals surface area (Å²) in [4.78, 5) is 13.9. The number of carbonyl (C=O) groups excluding carboxylic acids is 1. The lowest BCUT2D eigenvalue weighted by molar-refractivity contribution is -0.128. The number of amides is 1. The van der Waals surface area contributed by atoms with E-state index in [1.54, 1.807) is 4.90 Å². The van der Waals surface area contributed by atoms with Gasteiger partial charge in [0.15, 0.2) is 0 Å². The number of benzene rings is 2. The molecule has 2 aromatic rings. The summed E-state index contributed by atoms with van der Waals surface area (Å²) in [6.45, 7) is 3.00. The summed E-state index contributed by atoms with van der Waals surface area (Å²) in [6.07, 6.45) is 0. The van der Waals surface area contributed by atoms with Crippen molar-refractivity contribution in [3.8, 4) is 0 Å². The van der Waals surface area contributed by atoms with E-state index in [2.05, 4.69) is 59.1 Å². The second kappa shape index (κ2) is 7.45. The predicted molar refractivity (Wildman–Crippen MR) is 95.3 cm³/mol. The Balaban J connectivity index is 1.84. The first kappa shape index (κ1) is 15.8. The Morgan fingerprint density at radius 2 is 1.71 bits per heavy atom. The van der Waals surface area contributed by atoms with Gasteiger partial charge in [0.25, 0.3) is 0 Å². The lowest BCUT2D eigenvalue weighted by Gasteiger charge is -2.18. The average molecular weight is 394 g/mol. The molecule has 0 unspecified atom stereocenters. The number of hydrogen-bond donors (Lipinski definition) is 1. The third kappa shape index (κ3) is 5.04. The molecule has 0 spiro atoms. The van der Waals surface area contributed by atoms with Crippen LogP contribution in [0.25, 0.3) is 0 Å². The van der Waals surface area contributed by atoms with Crippen LogP contribution < -0.4 is 5.32 Å². The van der Waals surface area contributed by atoms with Gasteiger partial charge in [-0.05, 0) is 59.3 Å². The van der Waals surface area contributed by atoms with Gasteiger partial charge in [-0.3, -0.25) is 4.79 Å². The first-order valence-electron chi connectivity index (χ1n) is 6.83. The molecule has 2 rings (SSSR count). The molecule has 3 nitrogen and oxygen atoms in total. The Morgan fingerprint density at radius 1 is 1.10 bits per heavy atom. The second-order valence-electron chi connectivity index (χ2n) is 5.10. The highest BCUT2D eigenvalue weighted by Crippen LogP contribution is 2.11. The van der Waals surface area contributed by atoms with Crippen LogP contribution in [0.1, 0.15) is 11.1 Å². The zero-order valence-electron chi connectivity index (χ0n) is 12.3. The highest BCUT2D eigenvalue weighted by atomic mass is 127. The maximum atomic E-state index is 12.1. The molecular formula is C17H19IN2O. The summed E-state index contributed by atoms with van der Waals surface area (Å²) in [5, 5.41) is 3.15. The molecule has 0 radical (unpaired) electrons. The summed E-state index contributed by atoms with van der Waals surface area (Å²) in [5.41, 5.74) is 3.34. The molecule has 4 heteroatoms. The minimum absolute atomic E-state index is 0.0779. The van der Waals surface area contributed by atoms with Crippen molar-refractivity contribution in [3.63, 3.8) is 0 Å². The van der Waals surface area contributed by atoms with E-state index in [1.165, 1.54) is 9.13 Å². The number of anilines is 1. The lowest BCUT2D eigenvalue weighted by Crippen LogP contribution is -2.31. The molecule has 0 saturated heterocycles. The van der Waals surface area contributed by atoms with E-state index in [-0.39, 0.29) is 5.91 Å². The van der Waals surface area contributed by atoms with Crippen LogP contribution >= 0.6 is 22.6 Å². The number of carbonyl (C=O) groups is 1. The summed E-state index contributed by atoms with van der Waals surface area (Å²) in [6, 6.07) is 16.3. The van der Waals surface area contributed by atoms with E-state index in [0.29, 0.717) is 13.1 Å². The van der Waals surface area contributed by atoms with Gasteiger partial charge in [0.2, 0.25) is 5.91 Å². The third-order valence-electron chi connectivity index (χ3n) is 3.25. The number of likely N-dealkylation sites (N-methyl/N-ethyl adjacent to an activating group) is 1. The van der Waals surface area contributed by atoms with Crippen LogP contribution in [0.4, 0.5) is 5.69 Å². The highest BCUT2D eigenvalue weighted by Gasteiger charge is 2.08. The Kier molecular flexibility index (Phi) is 5.61. The first-order chi connectivity index (χ1) is 10.0. The van der Waals surface area contributed by atoms with Crippen molar-refractivity contribution in [1.29, 1.82) is 0 Å². The van der Waals surface area contributed by atoms with Gasteiger partial charge < -0.3 is 10.2 Å². The number of aryl methyl sites for hydroxylation is 1. The van der Waals surface area contributed by atoms with Crippen molar-refractivity contribution in [1.82, 2.24) is 4.90 Å². The van der Waals surface area contributed by atoms with Crippen molar-refractivity contribution in [2.24, 2.45) is 0 Å². The highest BCUT2D eigenvalue weighted by molar-refractivity contribution is 14.1. The SMILES string of the molecule is Cc1ccc(CN(C)C(=O)CNc2ccc(I)cc2)cc1. The molecule has 21 heavy (non-hydrogen) atoms. The average Bonchev–Trinajstić information content (AvgIpc) is 2.48. The number of rotatable bonds is 5. The first-order valence-corrected chi connectivity index (χ1v) is 7.91. The van der Waals surface area contributed by atoms with Crippen LogP contribution in [-0.2, 0) is 11.3 Å². The van der Waals surface area contributed by atoms with E-state index < -0.39 is 0 Å². The fourth-order valence-electron chi connectivity index (χ4n) is 1.94. The Hall–Kier alpha value is -1.56. The topological polar surface area (TPSA) is 32.3 Å². The fraction of sp³-hybridized carbons (Fsp3) is 0.235. The van der Waals surface area contributed by atoms with Crippen LogP contribution in [0.2, 0.25) is 0 Å². The fourth-order valence-corrected chi connectivity index (χ4v) is 2.30. The van der Waals surface area contributed by atoms with Gasteiger partial charge in [0.1, 0.15) is 0 Å². The Morgan fingerprint density at radius 3 is 2.33 bits per heavy atom. The van der Waals surface area contributed by atoms with Gasteiger partial charge in [-0.1, -0.05) is 29.8 Å². The Labute approximate surface area is 139 Å². The molecule has 0 bridgehead atoms. The van der Waals surface area contributed by atoms with E-state index in [9.17, 15) is 4.79 Å². The summed E-state index contributed by atoms with van der Waals surface area (Å²) in [7, 11) is 1.83. The van der Waals surface area contributed by atoms with E-state index in [0.717, 1.165) is 11.3 Å². The summed E-state index contributed by atoms with van der Waals surface area (Å²) < 4.78 is 1.18. The molecule has 0 aliphatic rings. The van der Waals surface area contributed by atoms with Gasteiger partial charge in [-0.2, -0.15) is 0 Å². The second-order valence-corrected chi connectivity index (χ2v) is 6.34. The van der Waals surface area contributed by atoms with Crippen LogP contribution in [-0.4, -0.2) is 24.4 Å². The van der Waals surface area contributed by atoms with E-state index in [1.807, 2.05) is 31.3 Å². The minimum atomic E-state index is 0.0779. The summed E-state index contributed by atoms with van der Waals surface area (Å²) in [5.74, 6) is 0.0779. The van der Waals surface area contributed by atoms with E-state index >= 15 is 0 Å². The van der Waals surface area contributed by atoms with Crippen molar-refractivity contribution >= 4 is 34.2 Å². The van der Waals surface area contributed by atoms with Gasteiger partial charge >= 0.3 is 0 Å². The van der Waals surface area contributed by atoms with Gasteiger partial charge in [-0.25, -0.2) is 0 Å². The molecule has 0 heterocycles. The zero-order chi connectivity index (χ0) is 15.2. The number of nitrogens with zero attached hydrogens (tertiary/aromatic N) is 1. The Bertz CT molecular complexity index is 593. The van der Waals surface area contributed by atoms with Crippen LogP contribution in [0.3, 0.4) is 0 Å². The van der Waals surface area contributed by atoms with Crippen molar-refractivity contribution in [3.05, 3.63) is 63.2 Å². The molecular weight excluding hydrogens is 375 g/mol. The van der Waals surface area contributed by atoms with Gasteiger partial charge in [0.05, 0.1) is 6.54 Å². The lowest BCUT2D eigenvalue weighted by atomic mass is 10.1. The van der Waals surface area contributed by atoms with Crippen molar-refractivity contribution in [2.75, 3.05) is 18.9 Å². The molecule has 0 aliphatic heterocycles. The van der Waals surface area contributed by atoms with Crippen LogP contribution in [0.5, 0.6) is 0 Å². The van der Waals surface area contributed by atoms with Crippen molar-refractivity contribution < 1.29 is 4.79 Å². The largest absolute Gasteiger partial charge is 0.376 e. The molecule has 0 fully saturated rings. The van der Waals surface area contributed by atoms with Crippen molar-refractivity contribution in [2.45, 2.75) is 13.5 Å². The molecule has 0 saturated carbocycles. The normalized spacial score (nSPS) is 10.2. The number of nitrogens with one attached hydrogen (secondary N) is 1. The van der Waals surface area contributed by atoms with Gasteiger partial charge in [0, 0.05) is 22.8 Å². The summed E-state index contributed by atoms with van der Waals surface area (Å²) >= 11 is 2.26. The monoisotopic (exact) mass is 394 g/mol. The molecule has 0 aromatic heterocycles. The van der Waals surface area contributed by atoms with Crippen LogP contribution in [0.15, 0.2) is 48.5 Å². The quantitative estimate of drug-likeness (QED) is 0.785. The maximum absolute atomic E-state index is 12.1. The molecule has 110 valence electrons. The standard InChI is InChI=1S/C17H19IN2O/c1-13-3-5-14(6-4-13)12-20(2)17(21)11-19-16-9-7-15(18)8-10-16/h3-10,19H,11-12H2,1-2H3. The molecule has 2 aromatic carbocycles. The smallest absolute Gasteiger partial charge is 0.241 e. The number of halogens is 1. The zero-order valence-corrected chi connectivity index (χ0v) is 14.4. The molecule has 1 amide bonds. The predicted octanol–water partition coefficient (Wildman–Crippen LogP) is 3.67. The minimum Gasteiger partial charge on any atom is -0.376 e. The van der Waals surface area contributed by atoms with Gasteiger partial charge in [-0.15, -0.1) is 0 Å².